The van der Waals surface area contributed by atoms with Crippen LogP contribution in [0.25, 0.3) is 0 Å². The molecule has 0 aromatic heterocycles. The van der Waals surface area contributed by atoms with Gasteiger partial charge in [0.2, 0.25) is 15.9 Å². The SMILES string of the molecule is CCC(C)NC(=O)C1CCCN(S(=O)(=O)c2ccc(Br)cc2)C1. The van der Waals surface area contributed by atoms with Crippen molar-refractivity contribution in [1.82, 2.24) is 9.62 Å². The van der Waals surface area contributed by atoms with Crippen LogP contribution in [0.15, 0.2) is 33.6 Å². The van der Waals surface area contributed by atoms with Crippen LogP contribution in [-0.2, 0) is 14.8 Å². The average molecular weight is 403 g/mol. The summed E-state index contributed by atoms with van der Waals surface area (Å²) in [6.07, 6.45) is 2.29. The summed E-state index contributed by atoms with van der Waals surface area (Å²) in [5, 5.41) is 2.95. The number of hydrogen-bond acceptors (Lipinski definition) is 3. The second kappa shape index (κ2) is 7.77. The Labute approximate surface area is 146 Å². The minimum atomic E-state index is -3.55. The number of benzene rings is 1. The van der Waals surface area contributed by atoms with E-state index in [0.717, 1.165) is 17.3 Å². The number of halogens is 1. The molecule has 1 aliphatic heterocycles. The van der Waals surface area contributed by atoms with Crippen molar-refractivity contribution in [2.24, 2.45) is 5.92 Å². The number of carbonyl (C=O) groups is 1. The number of carbonyl (C=O) groups excluding carboxylic acids is 1. The van der Waals surface area contributed by atoms with Gasteiger partial charge in [-0.3, -0.25) is 4.79 Å². The summed E-state index contributed by atoms with van der Waals surface area (Å²) in [4.78, 5) is 12.5. The maximum absolute atomic E-state index is 12.7. The van der Waals surface area contributed by atoms with Crippen LogP contribution in [0, 0.1) is 5.92 Å². The molecule has 0 aliphatic carbocycles. The van der Waals surface area contributed by atoms with E-state index in [4.69, 9.17) is 0 Å². The van der Waals surface area contributed by atoms with Gasteiger partial charge in [-0.15, -0.1) is 0 Å². The second-order valence-electron chi connectivity index (χ2n) is 5.97. The molecule has 1 N–H and O–H groups in total. The molecule has 0 radical (unpaired) electrons. The maximum atomic E-state index is 12.7. The Kier molecular flexibility index (Phi) is 6.22. The molecule has 23 heavy (non-hydrogen) atoms. The van der Waals surface area contributed by atoms with Crippen LogP contribution >= 0.6 is 15.9 Å². The van der Waals surface area contributed by atoms with Crippen LogP contribution < -0.4 is 5.32 Å². The molecular formula is C16H23BrN2O3S. The van der Waals surface area contributed by atoms with Gasteiger partial charge in [0.05, 0.1) is 10.8 Å². The number of nitrogens with one attached hydrogen (secondary N) is 1. The summed E-state index contributed by atoms with van der Waals surface area (Å²) in [6.45, 7) is 4.68. The highest BCUT2D eigenvalue weighted by molar-refractivity contribution is 9.10. The molecule has 0 spiro atoms. The van der Waals surface area contributed by atoms with Crippen LogP contribution in [0.4, 0.5) is 0 Å². The fourth-order valence-corrected chi connectivity index (χ4v) is 4.38. The Morgan fingerprint density at radius 3 is 2.65 bits per heavy atom. The highest BCUT2D eigenvalue weighted by Crippen LogP contribution is 2.25. The van der Waals surface area contributed by atoms with Crippen molar-refractivity contribution in [3.63, 3.8) is 0 Å². The third-order valence-corrected chi connectivity index (χ3v) is 6.62. The smallest absolute Gasteiger partial charge is 0.243 e. The van der Waals surface area contributed by atoms with E-state index in [1.165, 1.54) is 4.31 Å². The van der Waals surface area contributed by atoms with E-state index in [9.17, 15) is 13.2 Å². The van der Waals surface area contributed by atoms with Crippen molar-refractivity contribution in [3.05, 3.63) is 28.7 Å². The summed E-state index contributed by atoms with van der Waals surface area (Å²) in [6, 6.07) is 6.71. The van der Waals surface area contributed by atoms with Crippen LogP contribution in [-0.4, -0.2) is 37.8 Å². The van der Waals surface area contributed by atoms with Gasteiger partial charge in [0, 0.05) is 23.6 Å². The van der Waals surface area contributed by atoms with Crippen LogP contribution in [0.2, 0.25) is 0 Å². The monoisotopic (exact) mass is 402 g/mol. The molecule has 1 saturated heterocycles. The molecule has 1 aromatic carbocycles. The summed E-state index contributed by atoms with van der Waals surface area (Å²) >= 11 is 3.31. The molecule has 1 fully saturated rings. The van der Waals surface area contributed by atoms with Crippen molar-refractivity contribution < 1.29 is 13.2 Å². The predicted molar refractivity (Wildman–Crippen MR) is 93.5 cm³/mol. The number of rotatable bonds is 5. The lowest BCUT2D eigenvalue weighted by Crippen LogP contribution is -2.46. The summed E-state index contributed by atoms with van der Waals surface area (Å²) < 4.78 is 27.7. The molecule has 2 unspecified atom stereocenters. The van der Waals surface area contributed by atoms with Gasteiger partial charge in [-0.2, -0.15) is 4.31 Å². The molecule has 1 amide bonds. The van der Waals surface area contributed by atoms with Gasteiger partial charge in [-0.25, -0.2) is 8.42 Å². The van der Waals surface area contributed by atoms with Crippen LogP contribution in [0.5, 0.6) is 0 Å². The normalized spacial score (nSPS) is 20.9. The van der Waals surface area contributed by atoms with Crippen molar-refractivity contribution >= 4 is 31.9 Å². The second-order valence-corrected chi connectivity index (χ2v) is 8.83. The van der Waals surface area contributed by atoms with Crippen molar-refractivity contribution in [3.8, 4) is 0 Å². The lowest BCUT2D eigenvalue weighted by atomic mass is 9.98. The quantitative estimate of drug-likeness (QED) is 0.822. The van der Waals surface area contributed by atoms with Gasteiger partial charge >= 0.3 is 0 Å². The molecule has 1 heterocycles. The molecule has 0 saturated carbocycles. The molecule has 2 atom stereocenters. The molecule has 1 aromatic rings. The first kappa shape index (κ1) is 18.4. The van der Waals surface area contributed by atoms with Crippen LogP contribution in [0.1, 0.15) is 33.1 Å². The Hall–Kier alpha value is -0.920. The van der Waals surface area contributed by atoms with E-state index in [1.807, 2.05) is 13.8 Å². The lowest BCUT2D eigenvalue weighted by molar-refractivity contribution is -0.126. The zero-order valence-corrected chi connectivity index (χ0v) is 15.9. The molecule has 0 bridgehead atoms. The van der Waals surface area contributed by atoms with E-state index in [1.54, 1.807) is 24.3 Å². The summed E-state index contributed by atoms with van der Waals surface area (Å²) in [5.74, 6) is -0.321. The van der Waals surface area contributed by atoms with E-state index in [0.29, 0.717) is 13.0 Å². The standard InChI is InChI=1S/C16H23BrN2O3S/c1-3-12(2)18-16(20)13-5-4-10-19(11-13)23(21,22)15-8-6-14(17)7-9-15/h6-9,12-13H,3-5,10-11H2,1-2H3,(H,18,20). The number of amides is 1. The third-order valence-electron chi connectivity index (χ3n) is 4.21. The Morgan fingerprint density at radius 2 is 2.04 bits per heavy atom. The van der Waals surface area contributed by atoms with E-state index >= 15 is 0 Å². The first-order chi connectivity index (χ1) is 10.8. The van der Waals surface area contributed by atoms with E-state index in [2.05, 4.69) is 21.2 Å². The molecular weight excluding hydrogens is 380 g/mol. The number of nitrogens with zero attached hydrogens (tertiary/aromatic N) is 1. The third kappa shape index (κ3) is 4.55. The van der Waals surface area contributed by atoms with Crippen molar-refractivity contribution in [1.29, 1.82) is 0 Å². The maximum Gasteiger partial charge on any atom is 0.243 e. The molecule has 1 aliphatic rings. The van der Waals surface area contributed by atoms with Gasteiger partial charge in [-0.1, -0.05) is 22.9 Å². The predicted octanol–water partition coefficient (Wildman–Crippen LogP) is 2.76. The molecule has 2 rings (SSSR count). The Bertz CT molecular complexity index is 646. The van der Waals surface area contributed by atoms with Gasteiger partial charge < -0.3 is 5.32 Å². The molecule has 5 nitrogen and oxygen atoms in total. The zero-order chi connectivity index (χ0) is 17.0. The van der Waals surface area contributed by atoms with Gasteiger partial charge in [-0.05, 0) is 50.5 Å². The summed E-state index contributed by atoms with van der Waals surface area (Å²) in [5.41, 5.74) is 0. The van der Waals surface area contributed by atoms with Crippen molar-refractivity contribution in [2.45, 2.75) is 44.0 Å². The Balaban J connectivity index is 2.11. The Morgan fingerprint density at radius 1 is 1.39 bits per heavy atom. The van der Waals surface area contributed by atoms with Crippen LogP contribution in [0.3, 0.4) is 0 Å². The minimum absolute atomic E-state index is 0.0462. The fraction of sp³-hybridized carbons (Fsp3) is 0.562. The largest absolute Gasteiger partial charge is 0.353 e. The highest BCUT2D eigenvalue weighted by atomic mass is 79.9. The van der Waals surface area contributed by atoms with E-state index in [-0.39, 0.29) is 29.3 Å². The fourth-order valence-electron chi connectivity index (χ4n) is 2.59. The van der Waals surface area contributed by atoms with Gasteiger partial charge in [0.1, 0.15) is 0 Å². The van der Waals surface area contributed by atoms with Gasteiger partial charge in [0.25, 0.3) is 0 Å². The molecule has 7 heteroatoms. The highest BCUT2D eigenvalue weighted by Gasteiger charge is 2.33. The average Bonchev–Trinajstić information content (AvgIpc) is 2.55. The molecule has 128 valence electrons. The number of sulfonamides is 1. The lowest BCUT2D eigenvalue weighted by Gasteiger charge is -2.31. The first-order valence-electron chi connectivity index (χ1n) is 7.90. The zero-order valence-electron chi connectivity index (χ0n) is 13.5. The van der Waals surface area contributed by atoms with Crippen molar-refractivity contribution in [2.75, 3.05) is 13.1 Å². The first-order valence-corrected chi connectivity index (χ1v) is 10.1. The minimum Gasteiger partial charge on any atom is -0.353 e. The number of piperidine rings is 1. The number of hydrogen-bond donors (Lipinski definition) is 1. The summed E-state index contributed by atoms with van der Waals surface area (Å²) in [7, 11) is -3.55. The van der Waals surface area contributed by atoms with Gasteiger partial charge in [0.15, 0.2) is 0 Å². The topological polar surface area (TPSA) is 66.5 Å². The van der Waals surface area contributed by atoms with E-state index < -0.39 is 10.0 Å².